The molecule has 31 heavy (non-hydrogen) atoms. The lowest BCUT2D eigenvalue weighted by atomic mass is 10.0. The quantitative estimate of drug-likeness (QED) is 0.549. The lowest BCUT2D eigenvalue weighted by Gasteiger charge is -2.16. The van der Waals surface area contributed by atoms with Crippen molar-refractivity contribution in [3.63, 3.8) is 0 Å². The number of hydrogen-bond donors (Lipinski definition) is 1. The molecule has 11 heteroatoms. The van der Waals surface area contributed by atoms with E-state index in [2.05, 4.69) is 4.72 Å². The monoisotopic (exact) mass is 457 g/mol. The standard InChI is InChI=1S/C20H12F5NO4S/c21-14-6-11(7-15(22)19(14)20(23,24)25)13-8-17-18(30-10-29-17)9-16(13)26-31(27,28)12-4-2-1-3-5-12/h1-9,26H,10H2. The summed E-state index contributed by atoms with van der Waals surface area (Å²) in [4.78, 5) is -0.0941. The molecule has 5 nitrogen and oxygen atoms in total. The number of rotatable bonds is 4. The molecular weight excluding hydrogens is 445 g/mol. The van der Waals surface area contributed by atoms with Crippen LogP contribution in [0.3, 0.4) is 0 Å². The summed E-state index contributed by atoms with van der Waals surface area (Å²) in [6.07, 6.45) is -5.24. The van der Waals surface area contributed by atoms with Gasteiger partial charge in [0.1, 0.15) is 17.2 Å². The van der Waals surface area contributed by atoms with E-state index in [0.717, 1.165) is 0 Å². The van der Waals surface area contributed by atoms with Gasteiger partial charge in [0.2, 0.25) is 6.79 Å². The molecule has 1 heterocycles. The number of benzene rings is 3. The molecule has 1 aliphatic heterocycles. The van der Waals surface area contributed by atoms with Gasteiger partial charge in [-0.1, -0.05) is 18.2 Å². The minimum absolute atomic E-state index is 0.0941. The van der Waals surface area contributed by atoms with Crippen molar-refractivity contribution in [1.29, 1.82) is 0 Å². The molecule has 0 atom stereocenters. The first-order valence-corrected chi connectivity index (χ1v) is 10.1. The largest absolute Gasteiger partial charge is 0.454 e. The van der Waals surface area contributed by atoms with Gasteiger partial charge in [0.05, 0.1) is 10.6 Å². The van der Waals surface area contributed by atoms with Crippen molar-refractivity contribution in [2.24, 2.45) is 0 Å². The maximum absolute atomic E-state index is 14.1. The summed E-state index contributed by atoms with van der Waals surface area (Å²) in [5.41, 5.74) is -2.63. The topological polar surface area (TPSA) is 64.6 Å². The van der Waals surface area contributed by atoms with Crippen molar-refractivity contribution < 1.29 is 39.8 Å². The van der Waals surface area contributed by atoms with Gasteiger partial charge < -0.3 is 9.47 Å². The fourth-order valence-corrected chi connectivity index (χ4v) is 4.16. The van der Waals surface area contributed by atoms with E-state index >= 15 is 0 Å². The van der Waals surface area contributed by atoms with Crippen LogP contribution < -0.4 is 14.2 Å². The van der Waals surface area contributed by atoms with Crippen molar-refractivity contribution in [2.75, 3.05) is 11.5 Å². The van der Waals surface area contributed by atoms with Crippen LogP contribution in [-0.4, -0.2) is 15.2 Å². The molecule has 3 aromatic carbocycles. The van der Waals surface area contributed by atoms with E-state index in [1.165, 1.54) is 36.4 Å². The van der Waals surface area contributed by atoms with Gasteiger partial charge in [0.25, 0.3) is 10.0 Å². The molecule has 4 rings (SSSR count). The molecule has 0 aromatic heterocycles. The Labute approximate surface area is 173 Å². The summed E-state index contributed by atoms with van der Waals surface area (Å²) in [7, 11) is -4.13. The SMILES string of the molecule is O=S(=O)(Nc1cc2c(cc1-c1cc(F)c(C(F)(F)F)c(F)c1)OCO2)c1ccccc1. The van der Waals surface area contributed by atoms with Gasteiger partial charge in [-0.3, -0.25) is 4.72 Å². The van der Waals surface area contributed by atoms with E-state index < -0.39 is 33.4 Å². The summed E-state index contributed by atoms with van der Waals surface area (Å²) in [5.74, 6) is -3.38. The Kier molecular flexibility index (Phi) is 5.00. The van der Waals surface area contributed by atoms with Crippen LogP contribution in [0.4, 0.5) is 27.6 Å². The molecule has 0 unspecified atom stereocenters. The highest BCUT2D eigenvalue weighted by atomic mass is 32.2. The third kappa shape index (κ3) is 4.00. The van der Waals surface area contributed by atoms with Crippen LogP contribution in [0, 0.1) is 11.6 Å². The lowest BCUT2D eigenvalue weighted by molar-refractivity contribution is -0.142. The van der Waals surface area contributed by atoms with Crippen LogP contribution in [0.15, 0.2) is 59.5 Å². The average molecular weight is 457 g/mol. The van der Waals surface area contributed by atoms with E-state index in [-0.39, 0.29) is 40.0 Å². The molecule has 0 saturated carbocycles. The second kappa shape index (κ2) is 7.41. The summed E-state index contributed by atoms with van der Waals surface area (Å²) >= 11 is 0. The number of nitrogens with one attached hydrogen (secondary N) is 1. The third-order valence-corrected chi connectivity index (χ3v) is 5.83. The molecule has 3 aromatic rings. The first-order chi connectivity index (χ1) is 14.6. The first-order valence-electron chi connectivity index (χ1n) is 8.64. The number of ether oxygens (including phenoxy) is 2. The van der Waals surface area contributed by atoms with Crippen molar-refractivity contribution in [1.82, 2.24) is 0 Å². The van der Waals surface area contributed by atoms with Gasteiger partial charge in [-0.25, -0.2) is 17.2 Å². The van der Waals surface area contributed by atoms with Gasteiger partial charge in [-0.2, -0.15) is 13.2 Å². The number of alkyl halides is 3. The van der Waals surface area contributed by atoms with Crippen LogP contribution in [0.25, 0.3) is 11.1 Å². The van der Waals surface area contributed by atoms with Crippen LogP contribution in [0.1, 0.15) is 5.56 Å². The number of hydrogen-bond acceptors (Lipinski definition) is 4. The molecule has 1 N–H and O–H groups in total. The van der Waals surface area contributed by atoms with Crippen molar-refractivity contribution in [3.05, 3.63) is 71.8 Å². The number of fused-ring (bicyclic) bond motifs is 1. The molecule has 0 radical (unpaired) electrons. The second-order valence-corrected chi connectivity index (χ2v) is 8.16. The Morgan fingerprint density at radius 3 is 2.03 bits per heavy atom. The second-order valence-electron chi connectivity index (χ2n) is 6.48. The van der Waals surface area contributed by atoms with Gasteiger partial charge in [0, 0.05) is 11.6 Å². The maximum Gasteiger partial charge on any atom is 0.422 e. The van der Waals surface area contributed by atoms with Crippen LogP contribution in [-0.2, 0) is 16.2 Å². The molecule has 0 spiro atoms. The number of anilines is 1. The van der Waals surface area contributed by atoms with Crippen LogP contribution in [0.2, 0.25) is 0 Å². The fraction of sp³-hybridized carbons (Fsp3) is 0.100. The minimum atomic E-state index is -5.24. The van der Waals surface area contributed by atoms with E-state index in [1.54, 1.807) is 6.07 Å². The number of halogens is 5. The predicted octanol–water partition coefficient (Wildman–Crippen LogP) is 5.18. The first kappa shape index (κ1) is 20.9. The third-order valence-electron chi connectivity index (χ3n) is 4.45. The molecule has 162 valence electrons. The minimum Gasteiger partial charge on any atom is -0.454 e. The Bertz CT molecular complexity index is 1240. The van der Waals surface area contributed by atoms with E-state index in [4.69, 9.17) is 9.47 Å². The molecule has 0 amide bonds. The van der Waals surface area contributed by atoms with Crippen LogP contribution in [0.5, 0.6) is 11.5 Å². The summed E-state index contributed by atoms with van der Waals surface area (Å²) in [6.45, 7) is -0.181. The zero-order valence-electron chi connectivity index (χ0n) is 15.3. The molecule has 0 fully saturated rings. The van der Waals surface area contributed by atoms with Gasteiger partial charge in [-0.05, 0) is 35.9 Å². The highest BCUT2D eigenvalue weighted by Crippen LogP contribution is 2.43. The normalized spacial score (nSPS) is 13.3. The number of sulfonamides is 1. The van der Waals surface area contributed by atoms with Gasteiger partial charge >= 0.3 is 6.18 Å². The van der Waals surface area contributed by atoms with Crippen molar-refractivity contribution in [3.8, 4) is 22.6 Å². The average Bonchev–Trinajstić information content (AvgIpc) is 3.13. The van der Waals surface area contributed by atoms with E-state index in [1.807, 2.05) is 0 Å². The predicted molar refractivity (Wildman–Crippen MR) is 100 cm³/mol. The highest BCUT2D eigenvalue weighted by Gasteiger charge is 2.38. The highest BCUT2D eigenvalue weighted by molar-refractivity contribution is 7.92. The maximum atomic E-state index is 14.1. The Balaban J connectivity index is 1.86. The molecule has 0 aliphatic carbocycles. The van der Waals surface area contributed by atoms with E-state index in [0.29, 0.717) is 12.1 Å². The fourth-order valence-electron chi connectivity index (χ4n) is 3.07. The molecule has 0 saturated heterocycles. The zero-order valence-corrected chi connectivity index (χ0v) is 16.2. The molecule has 1 aliphatic rings. The van der Waals surface area contributed by atoms with Gasteiger partial charge in [0.15, 0.2) is 11.5 Å². The molecular formula is C20H12F5NO4S. The van der Waals surface area contributed by atoms with Gasteiger partial charge in [-0.15, -0.1) is 0 Å². The lowest BCUT2D eigenvalue weighted by Crippen LogP contribution is -2.14. The Hall–Kier alpha value is -3.34. The summed E-state index contributed by atoms with van der Waals surface area (Å²) < 4.78 is 105. The van der Waals surface area contributed by atoms with E-state index in [9.17, 15) is 30.4 Å². The smallest absolute Gasteiger partial charge is 0.422 e. The summed E-state index contributed by atoms with van der Waals surface area (Å²) in [6, 6.07) is 10.7. The Morgan fingerprint density at radius 2 is 1.45 bits per heavy atom. The summed E-state index contributed by atoms with van der Waals surface area (Å²) in [5, 5.41) is 0. The zero-order chi connectivity index (χ0) is 22.4. The van der Waals surface area contributed by atoms with Crippen LogP contribution >= 0.6 is 0 Å². The Morgan fingerprint density at radius 1 is 0.871 bits per heavy atom. The van der Waals surface area contributed by atoms with Crippen molar-refractivity contribution in [2.45, 2.75) is 11.1 Å². The molecule has 0 bridgehead atoms. The van der Waals surface area contributed by atoms with Crippen molar-refractivity contribution >= 4 is 15.7 Å².